The fourth-order valence-electron chi connectivity index (χ4n) is 28.1. The number of ketones is 4. The Labute approximate surface area is 798 Å². The molecule has 6 aromatic rings. The number of fused-ring (bicyclic) bond motifs is 13. The molecule has 30 nitrogen and oxygen atoms in total. The lowest BCUT2D eigenvalue weighted by atomic mass is 9.46. The van der Waals surface area contributed by atoms with E-state index in [2.05, 4.69) is 35.9 Å². The van der Waals surface area contributed by atoms with Crippen molar-refractivity contribution in [2.75, 3.05) is 121 Å². The number of aliphatic hydroxyl groups excluding tert-OH is 3. The third-order valence-corrected chi connectivity index (χ3v) is 35.5. The maximum absolute atomic E-state index is 17.3. The maximum Gasteiger partial charge on any atom is 0.344 e. The molecule has 14 aliphatic rings. The average molecular weight is 1910 g/mol. The van der Waals surface area contributed by atoms with Crippen LogP contribution in [0, 0.1) is 116 Å². The summed E-state index contributed by atoms with van der Waals surface area (Å²) in [4.78, 5) is 141. The van der Waals surface area contributed by atoms with E-state index in [1.807, 2.05) is 61.3 Å². The molecule has 742 valence electrons. The van der Waals surface area contributed by atoms with Crippen LogP contribution in [0.3, 0.4) is 0 Å². The predicted molar refractivity (Wildman–Crippen MR) is 511 cm³/mol. The highest BCUT2D eigenvalue weighted by Crippen LogP contribution is 2.70. The molecule has 8 N–H and O–H groups in total. The van der Waals surface area contributed by atoms with E-state index in [1.54, 1.807) is 52.0 Å². The molecule has 9 saturated carbocycles. The summed E-state index contributed by atoms with van der Waals surface area (Å²) < 4.78 is 78.7. The van der Waals surface area contributed by atoms with E-state index >= 15 is 13.2 Å². The molecule has 3 aromatic carbocycles. The van der Waals surface area contributed by atoms with Crippen LogP contribution in [0.5, 0.6) is 17.2 Å². The molecule has 3 saturated heterocycles. The number of carboxylic acid groups (broad SMARTS) is 2. The lowest BCUT2D eigenvalue weighted by molar-refractivity contribution is -0.178. The molecule has 16 atom stereocenters. The Bertz CT molecular complexity index is 6490. The molecule has 33 heteroatoms. The number of allylic oxidation sites excluding steroid dienone is 8. The number of anilines is 3. The summed E-state index contributed by atoms with van der Waals surface area (Å²) in [5, 5.41) is 79.1. The van der Waals surface area contributed by atoms with E-state index < -0.39 is 116 Å². The van der Waals surface area contributed by atoms with Gasteiger partial charge in [-0.1, -0.05) is 51.0 Å². The van der Waals surface area contributed by atoms with Gasteiger partial charge in [-0.15, -0.1) is 0 Å². The summed E-state index contributed by atoms with van der Waals surface area (Å²) in [6.07, 6.45) is 19.0. The zero-order valence-electron chi connectivity index (χ0n) is 81.5. The molecule has 6 heterocycles. The summed E-state index contributed by atoms with van der Waals surface area (Å²) in [7, 11) is 4.37. The first-order valence-corrected chi connectivity index (χ1v) is 49.2. The standard InChI is InChI=1S/C63H76F2N6O12.C21H26FN3O4.C21H28O5/c1-31-28-68(24-25-69(31)30-66-20-22-67(23-21-66)53-49(64)32(2)44-51(57(53)81-8)70(37-11-12-37)34(4)46(55(44)75)59(77)78)54-50(65)33(3)45-52(58(54)82-9)71(38-13-14-38)35(5)47(56(45)76)60(79)83-29-43(74)63(80)19-17-41-40-15-10-36-26-39(72)16-18-61(36,6)48(40)42(73)27-62(41,63)7;1-10-9-24(8-7-23-10)18-16(22)11(2)14-17(20(18)29-4)25(13-5-6-13)12(3)15(19(14)26)21(27)28;1-19-7-5-13(23)9-12(19)3-4-14-15-6-8-21(26,17(25)11-22)20(15,2)10-16(24)18(14)19/h16,18,26,31,37-38,40-42,48,73,80H,10-15,17,19-25,27-30H2,1-9H3,(H,77,78);10,13,23H,5-9H2,1-4H3,(H,27,28);5,7,9,14-16,18,22,24,26H,3-4,6,8,10-11H2,1-2H3/t31?,40-,41-,42-,48+,61-,62-,63-;;14-,15-,16-,18+,19-,20-,21-/m0.0/s1. The number of methoxy groups -OCH3 is 3. The summed E-state index contributed by atoms with van der Waals surface area (Å²) in [5.74, 6) is -6.15. The predicted octanol–water partition coefficient (Wildman–Crippen LogP) is 11.4. The highest BCUT2D eigenvalue weighted by atomic mass is 19.1. The summed E-state index contributed by atoms with van der Waals surface area (Å²) in [5.41, 5.74) is -3.73. The van der Waals surface area contributed by atoms with Gasteiger partial charge in [0.05, 0.1) is 72.9 Å². The third-order valence-electron chi connectivity index (χ3n) is 35.5. The lowest BCUT2D eigenvalue weighted by Gasteiger charge is -2.59. The minimum absolute atomic E-state index is 0.00912. The number of esters is 1. The number of carboxylic acids is 2. The smallest absolute Gasteiger partial charge is 0.344 e. The fourth-order valence-corrected chi connectivity index (χ4v) is 28.1. The number of nitrogens with zero attached hydrogens (tertiary/aromatic N) is 8. The molecule has 3 aliphatic heterocycles. The summed E-state index contributed by atoms with van der Waals surface area (Å²) in [6.45, 7) is 26.0. The van der Waals surface area contributed by atoms with E-state index in [1.165, 1.54) is 35.2 Å². The number of halogens is 3. The van der Waals surface area contributed by atoms with Crippen molar-refractivity contribution in [3.05, 3.63) is 146 Å². The quantitative estimate of drug-likeness (QED) is 0.0349. The van der Waals surface area contributed by atoms with Crippen molar-refractivity contribution in [3.63, 3.8) is 0 Å². The van der Waals surface area contributed by atoms with E-state index in [0.717, 1.165) is 68.9 Å². The number of hydrogen-bond donors (Lipinski definition) is 8. The number of aliphatic hydroxyl groups is 5. The minimum atomic E-state index is -1.92. The van der Waals surface area contributed by atoms with Gasteiger partial charge in [0.25, 0.3) is 0 Å². The van der Waals surface area contributed by atoms with Crippen molar-refractivity contribution >= 4 is 90.8 Å². The highest BCUT2D eigenvalue weighted by molar-refractivity contribution is 6.05. The van der Waals surface area contributed by atoms with E-state index in [0.29, 0.717) is 149 Å². The maximum atomic E-state index is 17.3. The second-order valence-corrected chi connectivity index (χ2v) is 42.9. The minimum Gasteiger partial charge on any atom is -0.492 e. The van der Waals surface area contributed by atoms with Gasteiger partial charge in [-0.25, -0.2) is 27.6 Å². The average Bonchev–Trinajstić information content (AvgIpc) is 1.28. The Morgan fingerprint density at radius 3 is 1.27 bits per heavy atom. The molecule has 0 amide bonds. The van der Waals surface area contributed by atoms with Gasteiger partial charge in [-0.3, -0.25) is 43.4 Å². The van der Waals surface area contributed by atoms with Crippen LogP contribution in [0.25, 0.3) is 32.7 Å². The zero-order chi connectivity index (χ0) is 99.2. The number of aromatic nitrogens is 3. The molecule has 2 unspecified atom stereocenters. The second kappa shape index (κ2) is 35.7. The molecule has 20 rings (SSSR count). The molecule has 11 aliphatic carbocycles. The second-order valence-electron chi connectivity index (χ2n) is 42.9. The number of ether oxygens (including phenoxy) is 4. The van der Waals surface area contributed by atoms with Crippen LogP contribution in [-0.4, -0.2) is 242 Å². The fraction of sp³-hybridized carbons (Fsp3) is 0.600. The largest absolute Gasteiger partial charge is 0.492 e. The summed E-state index contributed by atoms with van der Waals surface area (Å²) >= 11 is 0. The summed E-state index contributed by atoms with van der Waals surface area (Å²) in [6, 6.07) is 0.0352. The Hall–Kier alpha value is -10.4. The normalized spacial score (nSPS) is 31.1. The number of nitrogens with one attached hydrogen (secondary N) is 1. The number of aromatic carboxylic acids is 2. The van der Waals surface area contributed by atoms with Crippen LogP contribution in [0.1, 0.15) is 227 Å². The Morgan fingerprint density at radius 2 is 0.884 bits per heavy atom. The topological polar surface area (TPSA) is 392 Å². The number of piperazine rings is 3. The van der Waals surface area contributed by atoms with Crippen LogP contribution in [0.2, 0.25) is 0 Å². The first-order chi connectivity index (χ1) is 65.4. The Kier molecular flexibility index (Phi) is 25.3. The van der Waals surface area contributed by atoms with Crippen molar-refractivity contribution < 1.29 is 101 Å². The van der Waals surface area contributed by atoms with Crippen LogP contribution >= 0.6 is 0 Å². The van der Waals surface area contributed by atoms with Crippen molar-refractivity contribution in [1.29, 1.82) is 0 Å². The Morgan fingerprint density at radius 1 is 0.500 bits per heavy atom. The van der Waals surface area contributed by atoms with Gasteiger partial charge in [-0.05, 0) is 206 Å². The van der Waals surface area contributed by atoms with Crippen molar-refractivity contribution in [2.24, 2.45) is 57.2 Å². The van der Waals surface area contributed by atoms with E-state index in [-0.39, 0.29) is 168 Å². The van der Waals surface area contributed by atoms with Gasteiger partial charge in [-0.2, -0.15) is 0 Å². The van der Waals surface area contributed by atoms with Gasteiger partial charge in [0, 0.05) is 163 Å². The molecule has 3 aromatic heterocycles. The zero-order valence-corrected chi connectivity index (χ0v) is 81.5. The first kappa shape index (κ1) is 97.8. The van der Waals surface area contributed by atoms with Gasteiger partial charge >= 0.3 is 17.9 Å². The van der Waals surface area contributed by atoms with Crippen molar-refractivity contribution in [3.8, 4) is 17.2 Å². The monoisotopic (exact) mass is 1910 g/mol. The van der Waals surface area contributed by atoms with Crippen LogP contribution in [0.4, 0.5) is 30.2 Å². The number of aryl methyl sites for hydroxylation is 3. The number of hydrogen-bond acceptors (Lipinski definition) is 25. The Balaban J connectivity index is 0.000000184. The number of Topliss-reactive ketones (excluding diaryl/α,β-unsaturated/α-hetero) is 2. The number of rotatable bonds is 19. The third kappa shape index (κ3) is 15.2. The van der Waals surface area contributed by atoms with E-state index in [9.17, 15) is 83.7 Å². The molecule has 0 radical (unpaired) electrons. The molecule has 12 fully saturated rings. The van der Waals surface area contributed by atoms with Crippen molar-refractivity contribution in [2.45, 2.75) is 239 Å². The first-order valence-electron chi connectivity index (χ1n) is 49.2. The van der Waals surface area contributed by atoms with Crippen LogP contribution < -0.4 is 50.5 Å². The number of benzene rings is 3. The van der Waals surface area contributed by atoms with Gasteiger partial charge in [0.2, 0.25) is 22.1 Å². The van der Waals surface area contributed by atoms with Crippen molar-refractivity contribution in [1.82, 2.24) is 28.8 Å². The van der Waals surface area contributed by atoms with Gasteiger partial charge in [0.15, 0.2) is 58.7 Å². The molecular formula is C105H130F3N9O21. The van der Waals surface area contributed by atoms with Crippen LogP contribution in [0.15, 0.2) is 62.0 Å². The van der Waals surface area contributed by atoms with E-state index in [4.69, 9.17) is 18.9 Å². The van der Waals surface area contributed by atoms with Gasteiger partial charge in [0.1, 0.15) is 51.6 Å². The number of carbonyl (C=O) groups excluding carboxylic acids is 5. The van der Waals surface area contributed by atoms with Gasteiger partial charge < -0.3 is 88.4 Å². The number of pyridine rings is 3. The highest BCUT2D eigenvalue weighted by Gasteiger charge is 2.70. The number of carbonyl (C=O) groups is 7. The lowest BCUT2D eigenvalue weighted by Crippen LogP contribution is -2.61. The molecular weight excluding hydrogens is 1780 g/mol. The van der Waals surface area contributed by atoms with Crippen LogP contribution in [-0.2, 0) is 23.9 Å². The molecule has 0 bridgehead atoms. The SMILES string of the molecule is COc1c(N2CCN(CN3CCN(c4c(F)c(C)c5c(=O)c(C(=O)OCC(=O)[C@@]6(O)CC[C@H]7[C@@H]8CCC9=CC(=O)C=C[C@]9(C)[C@H]8[C@@H](O)C[C@@]76C)c(C)n(C6CC6)c5c4OC)CC3C)CC2)c(F)c(C)c2c(=O)c(C(=O)O)c(C)n(C3CC3)c12.COc1c(N2CCNC(C)C2)c(F)c(C)c2c(=O)c(C(=O)O)c(C)n(C3CC3)c12.C[C@]12C=CC(=O)C=C1CC[C@@H]1[C@@H]2[C@@H](O)C[C@@]2(C)[C@H]1CC[C@]2(O)C(=O)CO. The molecule has 0 spiro atoms. The molecule has 138 heavy (non-hydrogen) atoms.